The van der Waals surface area contributed by atoms with Gasteiger partial charge in [-0.2, -0.15) is 4.31 Å². The van der Waals surface area contributed by atoms with Crippen LogP contribution in [-0.2, 0) is 10.0 Å². The molecule has 0 spiro atoms. The molecule has 3 rings (SSSR count). The second-order valence-electron chi connectivity index (χ2n) is 5.38. The molecule has 1 unspecified atom stereocenters. The topological polar surface area (TPSA) is 67.9 Å². The molecule has 116 valence electrons. The maximum atomic E-state index is 12.7. The summed E-state index contributed by atoms with van der Waals surface area (Å²) in [6.07, 6.45) is 0.798. The molecule has 0 radical (unpaired) electrons. The first kappa shape index (κ1) is 14.6. The Morgan fingerprint density at radius 3 is 2.76 bits per heavy atom. The second-order valence-corrected chi connectivity index (χ2v) is 7.32. The van der Waals surface area contributed by atoms with Crippen molar-refractivity contribution in [1.29, 1.82) is 0 Å². The van der Waals surface area contributed by atoms with Gasteiger partial charge in [-0.3, -0.25) is 0 Å². The molecule has 21 heavy (non-hydrogen) atoms. The van der Waals surface area contributed by atoms with E-state index in [2.05, 4.69) is 5.32 Å². The van der Waals surface area contributed by atoms with Crippen molar-refractivity contribution in [3.05, 3.63) is 18.2 Å². The first-order valence-corrected chi connectivity index (χ1v) is 8.64. The van der Waals surface area contributed by atoms with E-state index in [1.165, 1.54) is 4.31 Å². The van der Waals surface area contributed by atoms with E-state index in [0.717, 1.165) is 6.42 Å². The molecular formula is C14H20N2O4S. The number of sulfonamides is 1. The molecule has 1 fully saturated rings. The van der Waals surface area contributed by atoms with Crippen LogP contribution in [0.5, 0.6) is 11.5 Å². The lowest BCUT2D eigenvalue weighted by Crippen LogP contribution is -2.51. The van der Waals surface area contributed by atoms with Gasteiger partial charge in [0.2, 0.25) is 10.0 Å². The molecule has 0 aliphatic carbocycles. The average molecular weight is 312 g/mol. The number of rotatable bonds is 2. The summed E-state index contributed by atoms with van der Waals surface area (Å²) >= 11 is 0. The van der Waals surface area contributed by atoms with E-state index < -0.39 is 10.0 Å². The molecule has 1 aromatic carbocycles. The number of benzene rings is 1. The highest BCUT2D eigenvalue weighted by molar-refractivity contribution is 7.89. The molecular weight excluding hydrogens is 292 g/mol. The zero-order valence-electron chi connectivity index (χ0n) is 12.0. The normalized spacial score (nSPS) is 23.6. The van der Waals surface area contributed by atoms with Crippen LogP contribution in [-0.4, -0.2) is 51.6 Å². The fourth-order valence-electron chi connectivity index (χ4n) is 2.57. The third kappa shape index (κ3) is 3.00. The highest BCUT2D eigenvalue weighted by Gasteiger charge is 2.29. The highest BCUT2D eigenvalue weighted by Crippen LogP contribution is 2.33. The van der Waals surface area contributed by atoms with E-state index in [1.54, 1.807) is 18.2 Å². The van der Waals surface area contributed by atoms with Gasteiger partial charge in [-0.05, 0) is 19.1 Å². The van der Waals surface area contributed by atoms with Crippen molar-refractivity contribution in [3.63, 3.8) is 0 Å². The summed E-state index contributed by atoms with van der Waals surface area (Å²) in [5.74, 6) is 1.12. The zero-order valence-corrected chi connectivity index (χ0v) is 12.9. The third-order valence-electron chi connectivity index (χ3n) is 3.69. The molecule has 0 saturated carbocycles. The minimum absolute atomic E-state index is 0.161. The summed E-state index contributed by atoms with van der Waals surface area (Å²) in [5, 5.41) is 3.24. The Labute approximate surface area is 125 Å². The molecule has 1 saturated heterocycles. The number of fused-ring (bicyclic) bond motifs is 1. The van der Waals surface area contributed by atoms with Gasteiger partial charge in [0.15, 0.2) is 11.5 Å². The molecule has 2 aliphatic heterocycles. The molecule has 2 heterocycles. The van der Waals surface area contributed by atoms with Crippen LogP contribution in [0.1, 0.15) is 13.3 Å². The van der Waals surface area contributed by atoms with Gasteiger partial charge in [-0.1, -0.05) is 0 Å². The Morgan fingerprint density at radius 1 is 1.24 bits per heavy atom. The standard InChI is InChI=1S/C14H20N2O4S/c1-11-10-16(6-5-15-11)21(17,18)12-3-4-13-14(9-12)20-8-2-7-19-13/h3-4,9,11,15H,2,5-8,10H2,1H3. The summed E-state index contributed by atoms with van der Waals surface area (Å²) in [6.45, 7) is 4.76. The Kier molecular flexibility index (Phi) is 4.05. The van der Waals surface area contributed by atoms with Gasteiger partial charge in [0, 0.05) is 38.2 Å². The van der Waals surface area contributed by atoms with Crippen molar-refractivity contribution in [1.82, 2.24) is 9.62 Å². The van der Waals surface area contributed by atoms with Gasteiger partial charge in [-0.15, -0.1) is 0 Å². The number of piperazine rings is 1. The van der Waals surface area contributed by atoms with Crippen LogP contribution in [0.4, 0.5) is 0 Å². The molecule has 0 aromatic heterocycles. The quantitative estimate of drug-likeness (QED) is 0.876. The monoisotopic (exact) mass is 312 g/mol. The Bertz CT molecular complexity index is 617. The minimum Gasteiger partial charge on any atom is -0.490 e. The van der Waals surface area contributed by atoms with Crippen LogP contribution in [0, 0.1) is 0 Å². The summed E-state index contributed by atoms with van der Waals surface area (Å²) in [4.78, 5) is 0.265. The van der Waals surface area contributed by atoms with Crippen LogP contribution < -0.4 is 14.8 Å². The van der Waals surface area contributed by atoms with Crippen LogP contribution in [0.25, 0.3) is 0 Å². The Balaban J connectivity index is 1.90. The predicted octanol–water partition coefficient (Wildman–Crippen LogP) is 0.830. The first-order chi connectivity index (χ1) is 10.1. The number of hydrogen-bond donors (Lipinski definition) is 1. The highest BCUT2D eigenvalue weighted by atomic mass is 32.2. The summed E-state index contributed by atoms with van der Waals surface area (Å²) in [5.41, 5.74) is 0. The van der Waals surface area contributed by atoms with Crippen LogP contribution in [0.2, 0.25) is 0 Å². The van der Waals surface area contributed by atoms with Crippen LogP contribution in [0.3, 0.4) is 0 Å². The maximum absolute atomic E-state index is 12.7. The molecule has 0 amide bonds. The number of hydrogen-bond acceptors (Lipinski definition) is 5. The van der Waals surface area contributed by atoms with Crippen LogP contribution in [0.15, 0.2) is 23.1 Å². The van der Waals surface area contributed by atoms with Crippen molar-refractivity contribution < 1.29 is 17.9 Å². The molecule has 6 nitrogen and oxygen atoms in total. The molecule has 1 N–H and O–H groups in total. The van der Waals surface area contributed by atoms with Crippen molar-refractivity contribution >= 4 is 10.0 Å². The third-order valence-corrected chi connectivity index (χ3v) is 5.55. The van der Waals surface area contributed by atoms with Crippen LogP contribution >= 0.6 is 0 Å². The van der Waals surface area contributed by atoms with E-state index in [-0.39, 0.29) is 10.9 Å². The van der Waals surface area contributed by atoms with Gasteiger partial charge < -0.3 is 14.8 Å². The van der Waals surface area contributed by atoms with Gasteiger partial charge in [0.25, 0.3) is 0 Å². The fourth-order valence-corrected chi connectivity index (χ4v) is 4.11. The average Bonchev–Trinajstić information content (AvgIpc) is 2.71. The molecule has 7 heteroatoms. The zero-order chi connectivity index (χ0) is 14.9. The van der Waals surface area contributed by atoms with Gasteiger partial charge >= 0.3 is 0 Å². The lowest BCUT2D eigenvalue weighted by Gasteiger charge is -2.31. The summed E-state index contributed by atoms with van der Waals surface area (Å²) in [7, 11) is -3.48. The number of ether oxygens (including phenoxy) is 2. The van der Waals surface area contributed by atoms with Crippen molar-refractivity contribution in [2.75, 3.05) is 32.8 Å². The van der Waals surface area contributed by atoms with E-state index in [4.69, 9.17) is 9.47 Å². The Hall–Kier alpha value is -1.31. The van der Waals surface area contributed by atoms with Gasteiger partial charge in [0.1, 0.15) is 0 Å². The smallest absolute Gasteiger partial charge is 0.243 e. The maximum Gasteiger partial charge on any atom is 0.243 e. The first-order valence-electron chi connectivity index (χ1n) is 7.20. The number of nitrogens with one attached hydrogen (secondary N) is 1. The van der Waals surface area contributed by atoms with E-state index in [9.17, 15) is 8.42 Å². The fraction of sp³-hybridized carbons (Fsp3) is 0.571. The van der Waals surface area contributed by atoms with Gasteiger partial charge in [0.05, 0.1) is 18.1 Å². The van der Waals surface area contributed by atoms with E-state index in [1.807, 2.05) is 6.92 Å². The lowest BCUT2D eigenvalue weighted by molar-refractivity contribution is 0.296. The minimum atomic E-state index is -3.48. The SMILES string of the molecule is CC1CN(S(=O)(=O)c2ccc3c(c2)OCCCO3)CCN1. The van der Waals surface area contributed by atoms with Crippen molar-refractivity contribution in [2.24, 2.45) is 0 Å². The molecule has 1 aromatic rings. The lowest BCUT2D eigenvalue weighted by atomic mass is 10.3. The van der Waals surface area contributed by atoms with E-state index >= 15 is 0 Å². The van der Waals surface area contributed by atoms with Crippen molar-refractivity contribution in [2.45, 2.75) is 24.3 Å². The number of nitrogens with zero attached hydrogens (tertiary/aromatic N) is 1. The van der Waals surface area contributed by atoms with Crippen molar-refractivity contribution in [3.8, 4) is 11.5 Å². The molecule has 0 bridgehead atoms. The van der Waals surface area contributed by atoms with Gasteiger partial charge in [-0.25, -0.2) is 8.42 Å². The Morgan fingerprint density at radius 2 is 2.00 bits per heavy atom. The summed E-state index contributed by atoms with van der Waals surface area (Å²) < 4.78 is 38.0. The van der Waals surface area contributed by atoms with E-state index in [0.29, 0.717) is 44.3 Å². The summed E-state index contributed by atoms with van der Waals surface area (Å²) in [6, 6.07) is 5.01. The predicted molar refractivity (Wildman–Crippen MR) is 78.3 cm³/mol. The largest absolute Gasteiger partial charge is 0.490 e. The second kappa shape index (κ2) is 5.82. The molecule has 2 aliphatic rings. The molecule has 1 atom stereocenters.